The highest BCUT2D eigenvalue weighted by Gasteiger charge is 2.48. The lowest BCUT2D eigenvalue weighted by atomic mass is 10.0. The highest BCUT2D eigenvalue weighted by atomic mass is 32.2. The normalized spacial score (nSPS) is 18.5. The topological polar surface area (TPSA) is 82.8 Å². The second kappa shape index (κ2) is 14.2. The van der Waals surface area contributed by atoms with E-state index in [2.05, 4.69) is 10.3 Å². The molecule has 13 heteroatoms. The zero-order valence-corrected chi connectivity index (χ0v) is 27.0. The summed E-state index contributed by atoms with van der Waals surface area (Å²) in [5.41, 5.74) is 0.660. The van der Waals surface area contributed by atoms with Crippen LogP contribution in [0.5, 0.6) is 5.88 Å². The SMILES string of the molecule is O=S(=O)(C1=NOCC1)C1C(c2c(C(F)(F)F)nn(C3C=Cc4ccccc43)c2OCCCCCCCCCC(F)F)=Cc2ccccc21. The molecule has 0 saturated carbocycles. The van der Waals surface area contributed by atoms with Gasteiger partial charge in [-0.1, -0.05) is 97.9 Å². The quantitative estimate of drug-likeness (QED) is 0.125. The molecule has 3 aromatic rings. The summed E-state index contributed by atoms with van der Waals surface area (Å²) >= 11 is 0. The lowest BCUT2D eigenvalue weighted by Crippen LogP contribution is -2.22. The van der Waals surface area contributed by atoms with E-state index < -0.39 is 45.0 Å². The van der Waals surface area contributed by atoms with Gasteiger partial charge in [0.15, 0.2) is 10.7 Å². The van der Waals surface area contributed by atoms with Gasteiger partial charge in [0.05, 0.1) is 18.2 Å². The number of nitrogens with zero attached hydrogens (tertiary/aromatic N) is 3. The van der Waals surface area contributed by atoms with Crippen molar-refractivity contribution in [3.8, 4) is 5.88 Å². The minimum atomic E-state index is -4.94. The molecule has 2 aromatic carbocycles. The summed E-state index contributed by atoms with van der Waals surface area (Å²) in [6.45, 7) is 0.128. The fourth-order valence-electron chi connectivity index (χ4n) is 6.56. The number of rotatable bonds is 14. The maximum Gasteiger partial charge on any atom is 0.435 e. The molecule has 0 N–H and O–H groups in total. The van der Waals surface area contributed by atoms with Crippen LogP contribution < -0.4 is 4.74 Å². The summed E-state index contributed by atoms with van der Waals surface area (Å²) in [5.74, 6) is -0.162. The maximum atomic E-state index is 15.0. The first-order chi connectivity index (χ1) is 23.1. The molecule has 0 spiro atoms. The summed E-state index contributed by atoms with van der Waals surface area (Å²) in [5, 5.41) is 6.16. The van der Waals surface area contributed by atoms with Crippen LogP contribution in [0.3, 0.4) is 0 Å². The maximum absolute atomic E-state index is 15.0. The smallest absolute Gasteiger partial charge is 0.435 e. The Balaban J connectivity index is 1.36. The Morgan fingerprint density at radius 3 is 2.27 bits per heavy atom. The lowest BCUT2D eigenvalue weighted by molar-refractivity contribution is -0.141. The minimum absolute atomic E-state index is 0.0128. The van der Waals surface area contributed by atoms with Gasteiger partial charge in [-0.25, -0.2) is 21.9 Å². The van der Waals surface area contributed by atoms with Crippen molar-refractivity contribution in [3.63, 3.8) is 0 Å². The third-order valence-electron chi connectivity index (χ3n) is 8.85. The number of hydrogen-bond donors (Lipinski definition) is 0. The van der Waals surface area contributed by atoms with Crippen molar-refractivity contribution in [1.29, 1.82) is 0 Å². The van der Waals surface area contributed by atoms with Crippen LogP contribution in [-0.2, 0) is 20.9 Å². The van der Waals surface area contributed by atoms with Gasteiger partial charge in [0, 0.05) is 12.8 Å². The van der Waals surface area contributed by atoms with Crippen LogP contribution in [0.25, 0.3) is 17.7 Å². The van der Waals surface area contributed by atoms with E-state index in [9.17, 15) is 30.4 Å². The van der Waals surface area contributed by atoms with Crippen molar-refractivity contribution < 1.29 is 39.9 Å². The fourth-order valence-corrected chi connectivity index (χ4v) is 8.42. The molecule has 0 bridgehead atoms. The van der Waals surface area contributed by atoms with Gasteiger partial charge in [0.25, 0.3) is 0 Å². The molecule has 0 radical (unpaired) electrons. The molecule has 48 heavy (non-hydrogen) atoms. The molecule has 2 aliphatic carbocycles. The molecule has 0 fully saturated rings. The molecule has 2 atom stereocenters. The molecular weight excluding hydrogens is 653 g/mol. The zero-order valence-electron chi connectivity index (χ0n) is 26.1. The number of fused-ring (bicyclic) bond motifs is 2. The molecule has 3 aliphatic rings. The second-order valence-electron chi connectivity index (χ2n) is 12.1. The van der Waals surface area contributed by atoms with Crippen LogP contribution in [-0.4, -0.2) is 42.9 Å². The molecular formula is C35H36F5N3O4S. The number of benzene rings is 2. The number of halogens is 5. The van der Waals surface area contributed by atoms with Crippen LogP contribution in [0, 0.1) is 0 Å². The minimum Gasteiger partial charge on any atom is -0.477 e. The van der Waals surface area contributed by atoms with E-state index >= 15 is 0 Å². The highest BCUT2D eigenvalue weighted by Crippen LogP contribution is 2.52. The Kier molecular flexibility index (Phi) is 10.0. The van der Waals surface area contributed by atoms with E-state index in [0.717, 1.165) is 43.2 Å². The summed E-state index contributed by atoms with van der Waals surface area (Å²) in [6.07, 6.45) is 2.67. The van der Waals surface area contributed by atoms with E-state index in [4.69, 9.17) is 9.57 Å². The van der Waals surface area contributed by atoms with Crippen LogP contribution in [0.1, 0.15) is 103 Å². The number of allylic oxidation sites excluding steroid dienone is 1. The van der Waals surface area contributed by atoms with Gasteiger partial charge in [0.1, 0.15) is 11.9 Å². The monoisotopic (exact) mass is 689 g/mol. The lowest BCUT2D eigenvalue weighted by Gasteiger charge is -2.20. The van der Waals surface area contributed by atoms with Gasteiger partial charge in [-0.3, -0.25) is 0 Å². The molecule has 256 valence electrons. The standard InChI is InChI=1S/C35H36F5N3O4S/c36-29(37)16-6-4-2-1-3-5-11-20-46-34-31(33(35(38,39)40)41-43(34)28-18-17-23-12-7-9-14-25(23)28)27-22-24-13-8-10-15-26(24)32(27)48(44,45)30-19-21-47-42-30/h7-10,12-15,17-18,22,28-29,32H,1-6,11,16,19-21H2. The van der Waals surface area contributed by atoms with Crippen molar-refractivity contribution in [2.45, 2.75) is 81.7 Å². The largest absolute Gasteiger partial charge is 0.477 e. The first kappa shape index (κ1) is 33.9. The van der Waals surface area contributed by atoms with E-state index in [0.29, 0.717) is 24.0 Å². The number of unbranched alkanes of at least 4 members (excludes halogenated alkanes) is 6. The predicted octanol–water partition coefficient (Wildman–Crippen LogP) is 9.03. The van der Waals surface area contributed by atoms with Gasteiger partial charge < -0.3 is 9.57 Å². The Hall–Kier alpha value is -4.00. The average Bonchev–Trinajstić information content (AvgIpc) is 3.85. The van der Waals surface area contributed by atoms with Gasteiger partial charge >= 0.3 is 6.18 Å². The fraction of sp³-hybridized carbons (Fsp3) is 0.429. The van der Waals surface area contributed by atoms with Crippen LogP contribution in [0.4, 0.5) is 22.0 Å². The molecule has 0 saturated heterocycles. The van der Waals surface area contributed by atoms with Crippen molar-refractivity contribution in [3.05, 3.63) is 88.1 Å². The number of sulfone groups is 1. The van der Waals surface area contributed by atoms with Crippen LogP contribution in [0.15, 0.2) is 59.8 Å². The Morgan fingerprint density at radius 2 is 1.58 bits per heavy atom. The van der Waals surface area contributed by atoms with E-state index in [1.807, 2.05) is 24.3 Å². The first-order valence-corrected chi connectivity index (χ1v) is 17.7. The molecule has 6 rings (SSSR count). The number of alkyl halides is 5. The number of hydrogen-bond acceptors (Lipinski definition) is 6. The molecule has 1 aliphatic heterocycles. The summed E-state index contributed by atoms with van der Waals surface area (Å²) in [4.78, 5) is 4.99. The number of oxime groups is 1. The molecule has 2 heterocycles. The highest BCUT2D eigenvalue weighted by molar-refractivity contribution is 8.07. The van der Waals surface area contributed by atoms with E-state index in [1.165, 1.54) is 10.8 Å². The van der Waals surface area contributed by atoms with Gasteiger partial charge in [-0.05, 0) is 46.7 Å². The van der Waals surface area contributed by atoms with Crippen molar-refractivity contribution in [1.82, 2.24) is 9.78 Å². The predicted molar refractivity (Wildman–Crippen MR) is 173 cm³/mol. The van der Waals surface area contributed by atoms with Gasteiger partial charge in [0.2, 0.25) is 22.1 Å². The van der Waals surface area contributed by atoms with Crippen molar-refractivity contribution in [2.24, 2.45) is 5.16 Å². The number of ether oxygens (including phenoxy) is 1. The number of aromatic nitrogens is 2. The molecule has 7 nitrogen and oxygen atoms in total. The summed E-state index contributed by atoms with van der Waals surface area (Å²) in [6, 6.07) is 13.2. The Bertz CT molecular complexity index is 1830. The van der Waals surface area contributed by atoms with E-state index in [1.54, 1.807) is 36.4 Å². The third-order valence-corrected chi connectivity index (χ3v) is 10.9. The summed E-state index contributed by atoms with van der Waals surface area (Å²) < 4.78 is 105. The second-order valence-corrected chi connectivity index (χ2v) is 14.2. The zero-order chi connectivity index (χ0) is 33.9. The van der Waals surface area contributed by atoms with Gasteiger partial charge in [-0.15, -0.1) is 0 Å². The van der Waals surface area contributed by atoms with Crippen molar-refractivity contribution in [2.75, 3.05) is 13.2 Å². The van der Waals surface area contributed by atoms with Crippen LogP contribution in [0.2, 0.25) is 0 Å². The third kappa shape index (κ3) is 6.92. The van der Waals surface area contributed by atoms with Gasteiger partial charge in [-0.2, -0.15) is 18.3 Å². The van der Waals surface area contributed by atoms with Crippen LogP contribution >= 0.6 is 0 Å². The Labute approximate surface area is 276 Å². The molecule has 0 amide bonds. The molecule has 2 unspecified atom stereocenters. The Morgan fingerprint density at radius 1 is 0.917 bits per heavy atom. The van der Waals surface area contributed by atoms with E-state index in [-0.39, 0.29) is 42.6 Å². The van der Waals surface area contributed by atoms with Crippen molar-refractivity contribution >= 4 is 32.6 Å². The first-order valence-electron chi connectivity index (χ1n) is 16.2. The molecule has 1 aromatic heterocycles. The summed E-state index contributed by atoms with van der Waals surface area (Å²) in [7, 11) is -4.29. The average molecular weight is 690 g/mol.